The first-order valence-electron chi connectivity index (χ1n) is 3.56. The molecule has 0 rings (SSSR count). The molecule has 0 saturated carbocycles. The van der Waals surface area contributed by atoms with E-state index in [0.29, 0.717) is 5.92 Å². The summed E-state index contributed by atoms with van der Waals surface area (Å²) in [6, 6.07) is 0. The van der Waals surface area contributed by atoms with E-state index in [1.165, 1.54) is 6.42 Å². The van der Waals surface area contributed by atoms with Crippen LogP contribution in [0.4, 0.5) is 0 Å². The summed E-state index contributed by atoms with van der Waals surface area (Å²) in [6.45, 7) is 10.9. The van der Waals surface area contributed by atoms with Crippen LogP contribution in [0.15, 0.2) is 25.3 Å². The Labute approximate surface area is 68.2 Å². The van der Waals surface area contributed by atoms with Gasteiger partial charge in [-0.15, -0.1) is 6.58 Å². The van der Waals surface area contributed by atoms with Crippen molar-refractivity contribution < 1.29 is 9.90 Å². The molecule has 0 amide bonds. The normalized spacial score (nSPS) is 10.4. The van der Waals surface area contributed by atoms with Gasteiger partial charge in [-0.1, -0.05) is 32.9 Å². The molecule has 0 radical (unpaired) electrons. The highest BCUT2D eigenvalue weighted by molar-refractivity contribution is 5.78. The van der Waals surface area contributed by atoms with Crippen LogP contribution in [-0.4, -0.2) is 11.1 Å². The standard InChI is InChI=1S/C6H12.C3H4O2/c1-4-6(3)5-2;1-2-3(4)5/h4,6H,1,5H2,2-3H3;2H,1H2,(H,4,5). The number of carboxylic acids is 1. The van der Waals surface area contributed by atoms with Crippen LogP contribution in [0.2, 0.25) is 0 Å². The van der Waals surface area contributed by atoms with Gasteiger partial charge in [-0.2, -0.15) is 0 Å². The quantitative estimate of drug-likeness (QED) is 0.503. The summed E-state index contributed by atoms with van der Waals surface area (Å²) in [5.74, 6) is -0.282. The highest BCUT2D eigenvalue weighted by Gasteiger charge is 1.84. The highest BCUT2D eigenvalue weighted by Crippen LogP contribution is 1.98. The summed E-state index contributed by atoms with van der Waals surface area (Å²) in [6.07, 6.45) is 4.02. The summed E-state index contributed by atoms with van der Waals surface area (Å²) >= 11 is 0. The SMILES string of the molecule is C=CC(=O)O.C=CC(C)CC. The number of hydrogen-bond acceptors (Lipinski definition) is 1. The lowest BCUT2D eigenvalue weighted by Gasteiger charge is -1.93. The van der Waals surface area contributed by atoms with E-state index in [4.69, 9.17) is 5.11 Å². The van der Waals surface area contributed by atoms with Gasteiger partial charge in [0.25, 0.3) is 0 Å². The monoisotopic (exact) mass is 156 g/mol. The number of carboxylic acid groups (broad SMARTS) is 1. The van der Waals surface area contributed by atoms with Crippen molar-refractivity contribution in [2.24, 2.45) is 5.92 Å². The molecule has 0 aliphatic carbocycles. The van der Waals surface area contributed by atoms with Gasteiger partial charge in [-0.25, -0.2) is 4.79 Å². The van der Waals surface area contributed by atoms with Crippen LogP contribution in [0, 0.1) is 5.92 Å². The maximum atomic E-state index is 9.25. The van der Waals surface area contributed by atoms with Crippen molar-refractivity contribution in [1.29, 1.82) is 0 Å². The Morgan fingerprint density at radius 3 is 2.00 bits per heavy atom. The summed E-state index contributed by atoms with van der Waals surface area (Å²) in [7, 11) is 0. The smallest absolute Gasteiger partial charge is 0.327 e. The van der Waals surface area contributed by atoms with Crippen LogP contribution in [0.25, 0.3) is 0 Å². The molecule has 1 N–H and O–H groups in total. The molecule has 64 valence electrons. The molecule has 2 nitrogen and oxygen atoms in total. The fourth-order valence-electron chi connectivity index (χ4n) is 0.167. The van der Waals surface area contributed by atoms with Gasteiger partial charge in [-0.05, 0) is 5.92 Å². The first kappa shape index (κ1) is 12.6. The molecule has 1 unspecified atom stereocenters. The minimum Gasteiger partial charge on any atom is -0.478 e. The molecule has 0 aromatic rings. The number of hydrogen-bond donors (Lipinski definition) is 1. The molecular weight excluding hydrogens is 140 g/mol. The van der Waals surface area contributed by atoms with Gasteiger partial charge in [0.15, 0.2) is 0 Å². The molecule has 0 heterocycles. The number of carbonyl (C=O) groups is 1. The second-order valence-electron chi connectivity index (χ2n) is 2.16. The lowest BCUT2D eigenvalue weighted by molar-refractivity contribution is -0.131. The molecule has 0 aromatic carbocycles. The van der Waals surface area contributed by atoms with Crippen molar-refractivity contribution in [2.75, 3.05) is 0 Å². The lowest BCUT2D eigenvalue weighted by atomic mass is 10.1. The van der Waals surface area contributed by atoms with E-state index in [-0.39, 0.29) is 0 Å². The van der Waals surface area contributed by atoms with Gasteiger partial charge in [0, 0.05) is 6.08 Å². The predicted octanol–water partition coefficient (Wildman–Crippen LogP) is 2.48. The van der Waals surface area contributed by atoms with Gasteiger partial charge < -0.3 is 5.11 Å². The van der Waals surface area contributed by atoms with Crippen LogP contribution in [0.1, 0.15) is 20.3 Å². The molecule has 2 heteroatoms. The third-order valence-corrected chi connectivity index (χ3v) is 1.22. The Kier molecular flexibility index (Phi) is 10.3. The van der Waals surface area contributed by atoms with Gasteiger partial charge in [0.05, 0.1) is 0 Å². The van der Waals surface area contributed by atoms with E-state index >= 15 is 0 Å². The van der Waals surface area contributed by atoms with Crippen molar-refractivity contribution >= 4 is 5.97 Å². The van der Waals surface area contributed by atoms with E-state index in [0.717, 1.165) is 6.08 Å². The Bertz CT molecular complexity index is 128. The van der Waals surface area contributed by atoms with Crippen molar-refractivity contribution in [1.82, 2.24) is 0 Å². The molecule has 0 bridgehead atoms. The fraction of sp³-hybridized carbons (Fsp3) is 0.444. The van der Waals surface area contributed by atoms with Crippen LogP contribution in [0.5, 0.6) is 0 Å². The predicted molar refractivity (Wildman–Crippen MR) is 47.5 cm³/mol. The molecule has 1 atom stereocenters. The topological polar surface area (TPSA) is 37.3 Å². The zero-order valence-electron chi connectivity index (χ0n) is 7.21. The third-order valence-electron chi connectivity index (χ3n) is 1.22. The summed E-state index contributed by atoms with van der Waals surface area (Å²) in [5.41, 5.74) is 0. The minimum atomic E-state index is -0.981. The van der Waals surface area contributed by atoms with E-state index in [1.54, 1.807) is 0 Å². The molecule has 0 saturated heterocycles. The Balaban J connectivity index is 0. The van der Waals surface area contributed by atoms with Crippen LogP contribution >= 0.6 is 0 Å². The van der Waals surface area contributed by atoms with E-state index in [1.807, 2.05) is 6.08 Å². The first-order chi connectivity index (χ1) is 5.08. The number of rotatable bonds is 3. The molecule has 0 aliphatic rings. The van der Waals surface area contributed by atoms with Gasteiger partial charge in [-0.3, -0.25) is 0 Å². The van der Waals surface area contributed by atoms with Gasteiger partial charge in [0.1, 0.15) is 0 Å². The molecular formula is C9H16O2. The number of allylic oxidation sites excluding steroid dienone is 1. The van der Waals surface area contributed by atoms with Crippen molar-refractivity contribution in [3.8, 4) is 0 Å². The Morgan fingerprint density at radius 2 is 2.00 bits per heavy atom. The molecule has 11 heavy (non-hydrogen) atoms. The van der Waals surface area contributed by atoms with Crippen LogP contribution in [0.3, 0.4) is 0 Å². The third kappa shape index (κ3) is 17.6. The molecule has 0 aromatic heterocycles. The number of aliphatic carboxylic acids is 1. The largest absolute Gasteiger partial charge is 0.478 e. The maximum Gasteiger partial charge on any atom is 0.327 e. The van der Waals surface area contributed by atoms with Gasteiger partial charge in [0.2, 0.25) is 0 Å². The van der Waals surface area contributed by atoms with E-state index < -0.39 is 5.97 Å². The highest BCUT2D eigenvalue weighted by atomic mass is 16.4. The molecule has 0 aliphatic heterocycles. The lowest BCUT2D eigenvalue weighted by Crippen LogP contribution is -1.82. The molecule has 0 fully saturated rings. The summed E-state index contributed by atoms with van der Waals surface area (Å²) in [5, 5.41) is 7.60. The first-order valence-corrected chi connectivity index (χ1v) is 3.56. The van der Waals surface area contributed by atoms with Crippen molar-refractivity contribution in [2.45, 2.75) is 20.3 Å². The summed E-state index contributed by atoms with van der Waals surface area (Å²) < 4.78 is 0. The minimum absolute atomic E-state index is 0.699. The zero-order chi connectivity index (χ0) is 9.28. The van der Waals surface area contributed by atoms with Crippen molar-refractivity contribution in [3.05, 3.63) is 25.3 Å². The average molecular weight is 156 g/mol. The van der Waals surface area contributed by atoms with Crippen LogP contribution in [-0.2, 0) is 4.79 Å². The van der Waals surface area contributed by atoms with Crippen molar-refractivity contribution in [3.63, 3.8) is 0 Å². The fourth-order valence-corrected chi connectivity index (χ4v) is 0.167. The Hall–Kier alpha value is -1.05. The second-order valence-corrected chi connectivity index (χ2v) is 2.16. The summed E-state index contributed by atoms with van der Waals surface area (Å²) in [4.78, 5) is 9.25. The van der Waals surface area contributed by atoms with Crippen LogP contribution < -0.4 is 0 Å². The maximum absolute atomic E-state index is 9.25. The molecule has 0 spiro atoms. The zero-order valence-corrected chi connectivity index (χ0v) is 7.21. The van der Waals surface area contributed by atoms with Gasteiger partial charge >= 0.3 is 5.97 Å². The Morgan fingerprint density at radius 1 is 1.64 bits per heavy atom. The van der Waals surface area contributed by atoms with E-state index in [9.17, 15) is 4.79 Å². The average Bonchev–Trinajstić information content (AvgIpc) is 2.04. The van der Waals surface area contributed by atoms with E-state index in [2.05, 4.69) is 27.0 Å². The second kappa shape index (κ2) is 8.95.